The molecule has 0 unspecified atom stereocenters. The van der Waals surface area contributed by atoms with E-state index in [0.29, 0.717) is 11.6 Å². The molecule has 31 heavy (non-hydrogen) atoms. The molecule has 2 heterocycles. The van der Waals surface area contributed by atoms with E-state index in [1.54, 1.807) is 7.11 Å². The fourth-order valence-corrected chi connectivity index (χ4v) is 6.06. The maximum atomic E-state index is 6.05. The van der Waals surface area contributed by atoms with Gasteiger partial charge in [0.2, 0.25) is 0 Å². The van der Waals surface area contributed by atoms with Gasteiger partial charge >= 0.3 is 0 Å². The number of nitrogens with zero attached hydrogens (tertiary/aromatic N) is 3. The first-order valence-corrected chi connectivity index (χ1v) is 13.4. The molecule has 0 aromatic rings. The van der Waals surface area contributed by atoms with E-state index in [2.05, 4.69) is 33.8 Å². The van der Waals surface area contributed by atoms with Crippen LogP contribution >= 0.6 is 35.7 Å². The van der Waals surface area contributed by atoms with Gasteiger partial charge in [-0.25, -0.2) is 0 Å². The first kappa shape index (κ1) is 27.5. The SMILES string of the molecule is CCNC(=NCC1(N2CCSCC2)CCCCC1)N1CCC(OCCCOC)CC1.I. The van der Waals surface area contributed by atoms with Gasteiger partial charge in [0.05, 0.1) is 12.6 Å². The molecule has 0 atom stereocenters. The summed E-state index contributed by atoms with van der Waals surface area (Å²) in [5.41, 5.74) is 0.294. The molecule has 182 valence electrons. The summed E-state index contributed by atoms with van der Waals surface area (Å²) >= 11 is 2.11. The highest BCUT2D eigenvalue weighted by atomic mass is 127. The Kier molecular flexibility index (Phi) is 13.5. The van der Waals surface area contributed by atoms with E-state index in [1.165, 1.54) is 56.7 Å². The van der Waals surface area contributed by atoms with Crippen molar-refractivity contribution >= 4 is 41.7 Å². The second-order valence-electron chi connectivity index (χ2n) is 8.96. The number of hydrogen-bond acceptors (Lipinski definition) is 5. The number of methoxy groups -OCH3 is 1. The Morgan fingerprint density at radius 3 is 2.42 bits per heavy atom. The molecule has 2 saturated heterocycles. The van der Waals surface area contributed by atoms with Gasteiger partial charge in [0.1, 0.15) is 0 Å². The van der Waals surface area contributed by atoms with Gasteiger partial charge in [-0.2, -0.15) is 11.8 Å². The topological polar surface area (TPSA) is 49.3 Å². The second-order valence-corrected chi connectivity index (χ2v) is 10.2. The predicted octanol–water partition coefficient (Wildman–Crippen LogP) is 3.84. The molecular weight excluding hydrogens is 523 g/mol. The van der Waals surface area contributed by atoms with Gasteiger partial charge in [0.15, 0.2) is 5.96 Å². The fourth-order valence-electron chi connectivity index (χ4n) is 5.16. The number of hydrogen-bond donors (Lipinski definition) is 1. The maximum absolute atomic E-state index is 6.05. The summed E-state index contributed by atoms with van der Waals surface area (Å²) in [4.78, 5) is 10.5. The molecule has 3 rings (SSSR count). The lowest BCUT2D eigenvalue weighted by Crippen LogP contribution is -2.56. The summed E-state index contributed by atoms with van der Waals surface area (Å²) in [6.07, 6.45) is 10.3. The zero-order valence-corrected chi connectivity index (χ0v) is 22.9. The molecule has 0 amide bonds. The molecule has 2 aliphatic heterocycles. The molecule has 0 radical (unpaired) electrons. The van der Waals surface area contributed by atoms with Crippen LogP contribution in [0.3, 0.4) is 0 Å². The first-order valence-electron chi connectivity index (χ1n) is 12.2. The lowest BCUT2D eigenvalue weighted by Gasteiger charge is -2.47. The Bertz CT molecular complexity index is 506. The number of halogens is 1. The van der Waals surface area contributed by atoms with Crippen LogP contribution in [0.2, 0.25) is 0 Å². The van der Waals surface area contributed by atoms with Crippen LogP contribution in [0.5, 0.6) is 0 Å². The Balaban J connectivity index is 0.00000341. The van der Waals surface area contributed by atoms with E-state index < -0.39 is 0 Å². The average Bonchev–Trinajstić information content (AvgIpc) is 2.81. The van der Waals surface area contributed by atoms with Crippen molar-refractivity contribution in [2.24, 2.45) is 4.99 Å². The highest BCUT2D eigenvalue weighted by molar-refractivity contribution is 14.0. The maximum Gasteiger partial charge on any atom is 0.193 e. The summed E-state index contributed by atoms with van der Waals surface area (Å²) < 4.78 is 11.2. The van der Waals surface area contributed by atoms with E-state index in [4.69, 9.17) is 14.5 Å². The first-order chi connectivity index (χ1) is 14.8. The molecule has 3 aliphatic rings. The summed E-state index contributed by atoms with van der Waals surface area (Å²) in [6, 6.07) is 0. The second kappa shape index (κ2) is 15.2. The van der Waals surface area contributed by atoms with Gasteiger partial charge in [0, 0.05) is 70.1 Å². The van der Waals surface area contributed by atoms with Gasteiger partial charge < -0.3 is 19.7 Å². The number of guanidine groups is 1. The molecule has 0 bridgehead atoms. The van der Waals surface area contributed by atoms with Gasteiger partial charge in [-0.1, -0.05) is 19.3 Å². The third-order valence-corrected chi connectivity index (χ3v) is 7.85. The Labute approximate surface area is 211 Å². The van der Waals surface area contributed by atoms with Crippen LogP contribution in [0.4, 0.5) is 0 Å². The van der Waals surface area contributed by atoms with Crippen molar-refractivity contribution in [3.05, 3.63) is 0 Å². The van der Waals surface area contributed by atoms with Crippen molar-refractivity contribution in [1.82, 2.24) is 15.1 Å². The summed E-state index contributed by atoms with van der Waals surface area (Å²) in [7, 11) is 1.75. The van der Waals surface area contributed by atoms with E-state index in [1.807, 2.05) is 0 Å². The quantitative estimate of drug-likeness (QED) is 0.198. The fraction of sp³-hybridized carbons (Fsp3) is 0.957. The molecule has 1 aliphatic carbocycles. The molecule has 1 N–H and O–H groups in total. The Morgan fingerprint density at radius 2 is 1.77 bits per heavy atom. The molecular formula is C23H45IN4O2S. The van der Waals surface area contributed by atoms with Crippen molar-refractivity contribution in [1.29, 1.82) is 0 Å². The van der Waals surface area contributed by atoms with E-state index in [-0.39, 0.29) is 24.0 Å². The van der Waals surface area contributed by atoms with Crippen LogP contribution in [0, 0.1) is 0 Å². The molecule has 8 heteroatoms. The normalized spacial score (nSPS) is 23.4. The van der Waals surface area contributed by atoms with E-state index in [9.17, 15) is 0 Å². The van der Waals surface area contributed by atoms with Crippen LogP contribution in [0.25, 0.3) is 0 Å². The van der Waals surface area contributed by atoms with Crippen molar-refractivity contribution in [2.75, 3.05) is 71.1 Å². The Hall–Kier alpha value is 0.230. The van der Waals surface area contributed by atoms with Gasteiger partial charge in [-0.3, -0.25) is 9.89 Å². The highest BCUT2D eigenvalue weighted by Gasteiger charge is 2.38. The molecule has 1 saturated carbocycles. The smallest absolute Gasteiger partial charge is 0.193 e. The third-order valence-electron chi connectivity index (χ3n) is 6.91. The number of likely N-dealkylation sites (tertiary alicyclic amines) is 1. The minimum Gasteiger partial charge on any atom is -0.385 e. The summed E-state index contributed by atoms with van der Waals surface area (Å²) in [5.74, 6) is 3.68. The van der Waals surface area contributed by atoms with E-state index >= 15 is 0 Å². The van der Waals surface area contributed by atoms with Gasteiger partial charge in [-0.15, -0.1) is 24.0 Å². The number of nitrogens with one attached hydrogen (secondary N) is 1. The predicted molar refractivity (Wildman–Crippen MR) is 143 cm³/mol. The largest absolute Gasteiger partial charge is 0.385 e. The van der Waals surface area contributed by atoms with Crippen molar-refractivity contribution in [2.45, 2.75) is 69.9 Å². The number of piperidine rings is 1. The average molecular weight is 569 g/mol. The number of thioether (sulfide) groups is 1. The molecule has 0 aromatic carbocycles. The minimum atomic E-state index is 0. The molecule has 3 fully saturated rings. The highest BCUT2D eigenvalue weighted by Crippen LogP contribution is 2.35. The van der Waals surface area contributed by atoms with Crippen molar-refractivity contribution < 1.29 is 9.47 Å². The van der Waals surface area contributed by atoms with E-state index in [0.717, 1.165) is 64.6 Å². The summed E-state index contributed by atoms with van der Waals surface area (Å²) in [5, 5.41) is 3.58. The van der Waals surface area contributed by atoms with Gasteiger partial charge in [0.25, 0.3) is 0 Å². The Morgan fingerprint density at radius 1 is 1.06 bits per heavy atom. The molecule has 6 nitrogen and oxygen atoms in total. The number of ether oxygens (including phenoxy) is 2. The zero-order valence-electron chi connectivity index (χ0n) is 19.8. The van der Waals surface area contributed by atoms with Crippen LogP contribution in [-0.4, -0.2) is 98.5 Å². The monoisotopic (exact) mass is 568 g/mol. The molecule has 0 aromatic heterocycles. The van der Waals surface area contributed by atoms with Crippen LogP contribution in [0.15, 0.2) is 4.99 Å². The summed E-state index contributed by atoms with van der Waals surface area (Å²) in [6.45, 7) is 10.2. The number of rotatable bonds is 9. The standard InChI is InChI=1S/C23H44N4O2S.HI/c1-3-24-22(26-12-8-21(9-13-26)29-17-7-16-28-2)25-20-23(10-5-4-6-11-23)27-14-18-30-19-15-27;/h21H,3-20H2,1-2H3,(H,24,25);1H. The van der Waals surface area contributed by atoms with Crippen LogP contribution in [-0.2, 0) is 9.47 Å². The van der Waals surface area contributed by atoms with Crippen LogP contribution < -0.4 is 5.32 Å². The zero-order chi connectivity index (χ0) is 21.1. The third kappa shape index (κ3) is 8.50. The van der Waals surface area contributed by atoms with Gasteiger partial charge in [-0.05, 0) is 39.0 Å². The molecule has 0 spiro atoms. The minimum absolute atomic E-state index is 0. The van der Waals surface area contributed by atoms with Crippen molar-refractivity contribution in [3.63, 3.8) is 0 Å². The lowest BCUT2D eigenvalue weighted by molar-refractivity contribution is 0.00976. The van der Waals surface area contributed by atoms with Crippen molar-refractivity contribution in [3.8, 4) is 0 Å². The lowest BCUT2D eigenvalue weighted by atomic mass is 9.80. The van der Waals surface area contributed by atoms with Crippen LogP contribution in [0.1, 0.15) is 58.3 Å². The number of aliphatic imine (C=N–C) groups is 1.